The summed E-state index contributed by atoms with van der Waals surface area (Å²) >= 11 is 0. The molecule has 118 valence electrons. The lowest BCUT2D eigenvalue weighted by atomic mass is 10.0. The minimum absolute atomic E-state index is 0.120. The maximum absolute atomic E-state index is 12.1. The maximum Gasteiger partial charge on any atom is 0.326 e. The van der Waals surface area contributed by atoms with E-state index in [4.69, 9.17) is 5.11 Å². The minimum atomic E-state index is -1.08. The number of nitrogens with one attached hydrogen (secondary N) is 1. The molecular formula is C16H20N2O4. The molecule has 1 heterocycles. The number of aliphatic carboxylic acids is 1. The van der Waals surface area contributed by atoms with Crippen LogP contribution in [0.25, 0.3) is 0 Å². The van der Waals surface area contributed by atoms with Gasteiger partial charge in [-0.15, -0.1) is 0 Å². The van der Waals surface area contributed by atoms with Gasteiger partial charge >= 0.3 is 5.97 Å². The van der Waals surface area contributed by atoms with Gasteiger partial charge in [-0.25, -0.2) is 4.79 Å². The zero-order chi connectivity index (χ0) is 16.3. The smallest absolute Gasteiger partial charge is 0.326 e. The number of hydrogen-bond donors (Lipinski definition) is 2. The Morgan fingerprint density at radius 1 is 1.27 bits per heavy atom. The predicted molar refractivity (Wildman–Crippen MR) is 81.5 cm³/mol. The van der Waals surface area contributed by atoms with E-state index >= 15 is 0 Å². The van der Waals surface area contributed by atoms with Crippen LogP contribution in [-0.4, -0.2) is 35.5 Å². The van der Waals surface area contributed by atoms with Crippen LogP contribution in [0.15, 0.2) is 24.3 Å². The van der Waals surface area contributed by atoms with E-state index in [1.54, 1.807) is 19.9 Å². The summed E-state index contributed by atoms with van der Waals surface area (Å²) in [5.74, 6) is -1.89. The number of carbonyl (C=O) groups is 3. The van der Waals surface area contributed by atoms with E-state index in [0.29, 0.717) is 12.8 Å². The van der Waals surface area contributed by atoms with E-state index in [0.717, 1.165) is 11.3 Å². The summed E-state index contributed by atoms with van der Waals surface area (Å²) in [6.07, 6.45) is 1.02. The highest BCUT2D eigenvalue weighted by molar-refractivity contribution is 6.01. The Labute approximate surface area is 129 Å². The highest BCUT2D eigenvalue weighted by atomic mass is 16.4. The largest absolute Gasteiger partial charge is 0.480 e. The summed E-state index contributed by atoms with van der Waals surface area (Å²) in [5.41, 5.74) is 1.75. The van der Waals surface area contributed by atoms with Gasteiger partial charge in [-0.3, -0.25) is 9.59 Å². The number of aryl methyl sites for hydroxylation is 1. The van der Waals surface area contributed by atoms with Crippen LogP contribution in [-0.2, 0) is 20.8 Å². The summed E-state index contributed by atoms with van der Waals surface area (Å²) in [7, 11) is 0. The molecule has 0 radical (unpaired) electrons. The Morgan fingerprint density at radius 2 is 1.95 bits per heavy atom. The summed E-state index contributed by atoms with van der Waals surface area (Å²) < 4.78 is 0. The summed E-state index contributed by atoms with van der Waals surface area (Å²) in [6.45, 7) is 3.28. The zero-order valence-electron chi connectivity index (χ0n) is 12.7. The van der Waals surface area contributed by atoms with Crippen molar-refractivity contribution in [2.75, 3.05) is 11.4 Å². The number of rotatable bonds is 5. The number of nitrogens with zero attached hydrogens (tertiary/aromatic N) is 1. The molecule has 0 fully saturated rings. The van der Waals surface area contributed by atoms with Gasteiger partial charge in [0.05, 0.1) is 0 Å². The van der Waals surface area contributed by atoms with Crippen molar-refractivity contribution in [1.29, 1.82) is 0 Å². The molecule has 0 saturated carbocycles. The molecule has 2 N–H and O–H groups in total. The van der Waals surface area contributed by atoms with Crippen molar-refractivity contribution in [2.45, 2.75) is 32.7 Å². The summed E-state index contributed by atoms with van der Waals surface area (Å²) in [6, 6.07) is 6.49. The Bertz CT molecular complexity index is 598. The Morgan fingerprint density at radius 3 is 2.59 bits per heavy atom. The van der Waals surface area contributed by atoms with Crippen molar-refractivity contribution in [2.24, 2.45) is 5.92 Å². The molecule has 1 atom stereocenters. The fourth-order valence-corrected chi connectivity index (χ4v) is 2.55. The van der Waals surface area contributed by atoms with Crippen molar-refractivity contribution in [1.82, 2.24) is 5.32 Å². The average Bonchev–Trinajstić information content (AvgIpc) is 2.47. The van der Waals surface area contributed by atoms with E-state index in [9.17, 15) is 14.4 Å². The van der Waals surface area contributed by atoms with E-state index < -0.39 is 17.9 Å². The lowest BCUT2D eigenvalue weighted by Gasteiger charge is -2.29. The first-order valence-electron chi connectivity index (χ1n) is 7.30. The monoisotopic (exact) mass is 304 g/mol. The second-order valence-corrected chi connectivity index (χ2v) is 5.74. The quantitative estimate of drug-likeness (QED) is 0.855. The summed E-state index contributed by atoms with van der Waals surface area (Å²) in [5, 5.41) is 11.6. The zero-order valence-corrected chi connectivity index (χ0v) is 12.7. The van der Waals surface area contributed by atoms with Crippen LogP contribution >= 0.6 is 0 Å². The van der Waals surface area contributed by atoms with Gasteiger partial charge in [0.2, 0.25) is 11.8 Å². The third-order valence-electron chi connectivity index (χ3n) is 3.74. The van der Waals surface area contributed by atoms with Crippen LogP contribution in [0.2, 0.25) is 0 Å². The van der Waals surface area contributed by atoms with Crippen molar-refractivity contribution in [3.8, 4) is 0 Å². The third kappa shape index (κ3) is 3.44. The van der Waals surface area contributed by atoms with Gasteiger partial charge < -0.3 is 15.3 Å². The van der Waals surface area contributed by atoms with E-state index in [1.807, 2.05) is 18.2 Å². The van der Waals surface area contributed by atoms with E-state index in [1.165, 1.54) is 4.90 Å². The molecule has 0 unspecified atom stereocenters. The number of anilines is 1. The molecule has 22 heavy (non-hydrogen) atoms. The van der Waals surface area contributed by atoms with Gasteiger partial charge in [0, 0.05) is 12.1 Å². The Kier molecular flexibility index (Phi) is 4.80. The van der Waals surface area contributed by atoms with Crippen molar-refractivity contribution >= 4 is 23.5 Å². The molecule has 1 aromatic rings. The number of carboxylic acid groups (broad SMARTS) is 1. The molecule has 0 aromatic heterocycles. The van der Waals surface area contributed by atoms with Crippen molar-refractivity contribution in [3.63, 3.8) is 0 Å². The van der Waals surface area contributed by atoms with Gasteiger partial charge in [0.1, 0.15) is 12.6 Å². The number of carboxylic acids is 1. The van der Waals surface area contributed by atoms with E-state index in [2.05, 4.69) is 5.32 Å². The molecule has 6 heteroatoms. The van der Waals surface area contributed by atoms with Crippen LogP contribution in [0.3, 0.4) is 0 Å². The first-order chi connectivity index (χ1) is 10.4. The van der Waals surface area contributed by atoms with Crippen molar-refractivity contribution < 1.29 is 19.5 Å². The van der Waals surface area contributed by atoms with Gasteiger partial charge in [-0.05, 0) is 24.0 Å². The fraction of sp³-hybridized carbons (Fsp3) is 0.438. The standard InChI is InChI=1S/C16H20N2O4/c1-10(2)15(16(21)22)17-13(19)9-18-12-6-4-3-5-11(12)7-8-14(18)20/h3-6,10,15H,7-9H2,1-2H3,(H,17,19)(H,21,22)/t15-/m1/s1. The van der Waals surface area contributed by atoms with Crippen LogP contribution in [0.4, 0.5) is 5.69 Å². The fourth-order valence-electron chi connectivity index (χ4n) is 2.55. The highest BCUT2D eigenvalue weighted by Crippen LogP contribution is 2.27. The van der Waals surface area contributed by atoms with Crippen LogP contribution < -0.4 is 10.2 Å². The number of benzene rings is 1. The molecule has 6 nitrogen and oxygen atoms in total. The lowest BCUT2D eigenvalue weighted by molar-refractivity contribution is -0.142. The number of hydrogen-bond acceptors (Lipinski definition) is 3. The first kappa shape index (κ1) is 16.0. The molecular weight excluding hydrogens is 284 g/mol. The Hall–Kier alpha value is -2.37. The highest BCUT2D eigenvalue weighted by Gasteiger charge is 2.28. The van der Waals surface area contributed by atoms with Crippen LogP contribution in [0, 0.1) is 5.92 Å². The normalized spacial score (nSPS) is 15.4. The average molecular weight is 304 g/mol. The molecule has 1 aliphatic rings. The second kappa shape index (κ2) is 6.60. The number of fused-ring (bicyclic) bond motifs is 1. The second-order valence-electron chi connectivity index (χ2n) is 5.74. The number of carbonyl (C=O) groups excluding carboxylic acids is 2. The molecule has 1 aliphatic heterocycles. The molecule has 2 rings (SSSR count). The minimum Gasteiger partial charge on any atom is -0.480 e. The molecule has 0 aliphatic carbocycles. The van der Waals surface area contributed by atoms with Gasteiger partial charge in [-0.2, -0.15) is 0 Å². The maximum atomic E-state index is 12.1. The predicted octanol–water partition coefficient (Wildman–Crippen LogP) is 1.19. The topological polar surface area (TPSA) is 86.7 Å². The van der Waals surface area contributed by atoms with Crippen LogP contribution in [0.1, 0.15) is 25.8 Å². The van der Waals surface area contributed by atoms with Gasteiger partial charge in [-0.1, -0.05) is 32.0 Å². The molecule has 2 amide bonds. The molecule has 0 saturated heterocycles. The first-order valence-corrected chi connectivity index (χ1v) is 7.30. The SMILES string of the molecule is CC(C)[C@@H](NC(=O)CN1C(=O)CCc2ccccc21)C(=O)O. The van der Waals surface area contributed by atoms with Crippen molar-refractivity contribution in [3.05, 3.63) is 29.8 Å². The van der Waals surface area contributed by atoms with E-state index in [-0.39, 0.29) is 18.4 Å². The molecule has 1 aromatic carbocycles. The lowest BCUT2D eigenvalue weighted by Crippen LogP contribution is -2.49. The summed E-state index contributed by atoms with van der Waals surface area (Å²) in [4.78, 5) is 36.8. The number of para-hydroxylation sites is 1. The Balaban J connectivity index is 2.11. The third-order valence-corrected chi connectivity index (χ3v) is 3.74. The van der Waals surface area contributed by atoms with Gasteiger partial charge in [0.15, 0.2) is 0 Å². The van der Waals surface area contributed by atoms with Gasteiger partial charge in [0.25, 0.3) is 0 Å². The van der Waals surface area contributed by atoms with Crippen LogP contribution in [0.5, 0.6) is 0 Å². The molecule has 0 bridgehead atoms. The number of amides is 2. The molecule has 0 spiro atoms.